The molecule has 0 saturated carbocycles. The molecule has 0 aliphatic carbocycles. The Morgan fingerprint density at radius 1 is 0.889 bits per heavy atom. The Morgan fingerprint density at radius 3 is 2.04 bits per heavy atom. The van der Waals surface area contributed by atoms with Crippen LogP contribution >= 0.6 is 0 Å². The van der Waals surface area contributed by atoms with E-state index in [0.29, 0.717) is 5.52 Å². The van der Waals surface area contributed by atoms with Crippen LogP contribution in [0, 0.1) is 10.1 Å². The number of benzene rings is 1. The molecule has 27 heavy (non-hydrogen) atoms. The second-order valence-electron chi connectivity index (χ2n) is 7.17. The van der Waals surface area contributed by atoms with E-state index in [2.05, 4.69) is 27.2 Å². The fourth-order valence-corrected chi connectivity index (χ4v) is 3.33. The van der Waals surface area contributed by atoms with Crippen molar-refractivity contribution in [2.75, 3.05) is 11.9 Å². The molecule has 0 aliphatic heterocycles. The Kier molecular flexibility index (Phi) is 9.58. The van der Waals surface area contributed by atoms with Crippen LogP contribution in [0.4, 0.5) is 11.4 Å². The first kappa shape index (κ1) is 21.1. The number of hydrogen-bond acceptors (Lipinski definition) is 6. The number of anilines is 1. The molecule has 0 fully saturated rings. The van der Waals surface area contributed by atoms with Crippen molar-refractivity contribution >= 4 is 22.4 Å². The number of aromatic nitrogens is 2. The highest BCUT2D eigenvalue weighted by Crippen LogP contribution is 2.28. The molecule has 0 spiro atoms. The van der Waals surface area contributed by atoms with E-state index < -0.39 is 4.92 Å². The van der Waals surface area contributed by atoms with Gasteiger partial charge in [0.2, 0.25) is 5.52 Å². The van der Waals surface area contributed by atoms with Gasteiger partial charge in [-0.15, -0.1) is 0 Å². The van der Waals surface area contributed by atoms with Gasteiger partial charge in [0.1, 0.15) is 0 Å². The summed E-state index contributed by atoms with van der Waals surface area (Å²) >= 11 is 0. The minimum atomic E-state index is -0.471. The zero-order valence-corrected chi connectivity index (χ0v) is 16.4. The van der Waals surface area contributed by atoms with Crippen LogP contribution in [0.2, 0.25) is 0 Å². The number of non-ortho nitro benzene ring substituents is 1. The molecular weight excluding hydrogens is 344 g/mol. The average Bonchev–Trinajstić information content (AvgIpc) is 3.15. The van der Waals surface area contributed by atoms with Crippen molar-refractivity contribution in [2.24, 2.45) is 0 Å². The summed E-state index contributed by atoms with van der Waals surface area (Å²) in [6.07, 6.45) is 15.8. The molecule has 0 amide bonds. The number of nitrogens with zero attached hydrogens (tertiary/aromatic N) is 3. The van der Waals surface area contributed by atoms with Crippen LogP contribution in [0.1, 0.15) is 84.0 Å². The van der Waals surface area contributed by atoms with Gasteiger partial charge in [0.15, 0.2) is 5.52 Å². The molecule has 7 heteroatoms. The Labute approximate surface area is 161 Å². The first-order valence-electron chi connectivity index (χ1n) is 10.4. The topological polar surface area (TPSA) is 94.1 Å². The molecule has 1 aromatic heterocycles. The highest BCUT2D eigenvalue weighted by Gasteiger charge is 2.19. The summed E-state index contributed by atoms with van der Waals surface area (Å²) in [5.41, 5.74) is 1.27. The normalized spacial score (nSPS) is 11.1. The van der Waals surface area contributed by atoms with E-state index in [9.17, 15) is 10.1 Å². The van der Waals surface area contributed by atoms with Gasteiger partial charge in [0.05, 0.1) is 10.6 Å². The Hall–Kier alpha value is -2.18. The molecule has 1 N–H and O–H groups in total. The van der Waals surface area contributed by atoms with Crippen LogP contribution in [-0.2, 0) is 0 Å². The Bertz CT molecular complexity index is 687. The first-order valence-corrected chi connectivity index (χ1v) is 10.4. The Balaban J connectivity index is 1.54. The lowest BCUT2D eigenvalue weighted by Gasteiger charge is -2.06. The molecule has 0 unspecified atom stereocenters. The summed E-state index contributed by atoms with van der Waals surface area (Å²) in [4.78, 5) is 10.5. The second kappa shape index (κ2) is 12.3. The first-order chi connectivity index (χ1) is 13.2. The zero-order chi connectivity index (χ0) is 19.3. The number of rotatable bonds is 15. The lowest BCUT2D eigenvalue weighted by molar-refractivity contribution is -0.383. The Morgan fingerprint density at radius 2 is 1.44 bits per heavy atom. The van der Waals surface area contributed by atoms with Crippen molar-refractivity contribution in [1.82, 2.24) is 10.3 Å². The molecule has 0 radical (unpaired) electrons. The maximum absolute atomic E-state index is 11.0. The second-order valence-corrected chi connectivity index (χ2v) is 7.17. The highest BCUT2D eigenvalue weighted by molar-refractivity contribution is 5.93. The van der Waals surface area contributed by atoms with E-state index >= 15 is 0 Å². The van der Waals surface area contributed by atoms with E-state index in [4.69, 9.17) is 0 Å². The molecule has 7 nitrogen and oxygen atoms in total. The summed E-state index contributed by atoms with van der Waals surface area (Å²) in [6, 6.07) is 3.11. The van der Waals surface area contributed by atoms with Gasteiger partial charge in [-0.05, 0) is 22.8 Å². The molecule has 1 heterocycles. The van der Waals surface area contributed by atoms with Crippen molar-refractivity contribution in [2.45, 2.75) is 84.0 Å². The van der Waals surface area contributed by atoms with Gasteiger partial charge >= 0.3 is 5.69 Å². The van der Waals surface area contributed by atoms with Gasteiger partial charge in [-0.2, -0.15) is 0 Å². The van der Waals surface area contributed by atoms with Crippen LogP contribution in [0.25, 0.3) is 11.0 Å². The van der Waals surface area contributed by atoms with Gasteiger partial charge in [0, 0.05) is 12.6 Å². The average molecular weight is 377 g/mol. The monoisotopic (exact) mass is 376 g/mol. The standard InChI is InChI=1S/C20H32N4O3/c1-2-3-4-5-6-7-8-9-10-11-12-13-16-21-17-14-15-18(24(25)26)20-19(17)22-27-23-20/h14-15,21H,2-13,16H2,1H3. The van der Waals surface area contributed by atoms with E-state index in [1.165, 1.54) is 76.7 Å². The molecule has 1 aromatic carbocycles. The molecular formula is C20H32N4O3. The summed E-state index contributed by atoms with van der Waals surface area (Å²) in [5, 5.41) is 21.7. The molecule has 0 atom stereocenters. The van der Waals surface area contributed by atoms with Crippen molar-refractivity contribution in [1.29, 1.82) is 0 Å². The van der Waals surface area contributed by atoms with Crippen molar-refractivity contribution < 1.29 is 9.55 Å². The van der Waals surface area contributed by atoms with Gasteiger partial charge < -0.3 is 5.32 Å². The number of unbranched alkanes of at least 4 members (excludes halogenated alkanes) is 11. The molecule has 2 rings (SSSR count). The third-order valence-electron chi connectivity index (χ3n) is 4.94. The molecule has 150 valence electrons. The van der Waals surface area contributed by atoms with Crippen LogP contribution in [0.5, 0.6) is 0 Å². The van der Waals surface area contributed by atoms with Crippen LogP contribution < -0.4 is 5.32 Å². The van der Waals surface area contributed by atoms with E-state index in [1.54, 1.807) is 6.07 Å². The predicted octanol–water partition coefficient (Wildman–Crippen LogP) is 6.24. The zero-order valence-electron chi connectivity index (χ0n) is 16.4. The van der Waals surface area contributed by atoms with Crippen LogP contribution in [0.3, 0.4) is 0 Å². The van der Waals surface area contributed by atoms with E-state index in [1.807, 2.05) is 0 Å². The van der Waals surface area contributed by atoms with E-state index in [-0.39, 0.29) is 11.2 Å². The minimum absolute atomic E-state index is 0.0813. The van der Waals surface area contributed by atoms with Crippen LogP contribution in [-0.4, -0.2) is 21.8 Å². The molecule has 0 aliphatic rings. The van der Waals surface area contributed by atoms with Gasteiger partial charge in [0.25, 0.3) is 0 Å². The molecule has 0 saturated heterocycles. The fraction of sp³-hybridized carbons (Fsp3) is 0.700. The number of nitrogens with one attached hydrogen (secondary N) is 1. The molecule has 2 aromatic rings. The maximum Gasteiger partial charge on any atom is 0.300 e. The van der Waals surface area contributed by atoms with Gasteiger partial charge in [-0.3, -0.25) is 10.1 Å². The third kappa shape index (κ3) is 7.15. The minimum Gasteiger partial charge on any atom is -0.383 e. The fourth-order valence-electron chi connectivity index (χ4n) is 3.33. The summed E-state index contributed by atoms with van der Waals surface area (Å²) in [5.74, 6) is 0. The summed E-state index contributed by atoms with van der Waals surface area (Å²) in [6.45, 7) is 3.07. The maximum atomic E-state index is 11.0. The number of hydrogen-bond donors (Lipinski definition) is 1. The van der Waals surface area contributed by atoms with Crippen molar-refractivity contribution in [3.8, 4) is 0 Å². The quantitative estimate of drug-likeness (QED) is 0.224. The van der Waals surface area contributed by atoms with Gasteiger partial charge in [-0.1, -0.05) is 77.6 Å². The van der Waals surface area contributed by atoms with Crippen molar-refractivity contribution in [3.63, 3.8) is 0 Å². The predicted molar refractivity (Wildman–Crippen MR) is 108 cm³/mol. The van der Waals surface area contributed by atoms with Gasteiger partial charge in [-0.25, -0.2) is 4.63 Å². The number of fused-ring (bicyclic) bond motifs is 1. The smallest absolute Gasteiger partial charge is 0.300 e. The highest BCUT2D eigenvalue weighted by atomic mass is 16.6. The lowest BCUT2D eigenvalue weighted by atomic mass is 10.1. The lowest BCUT2D eigenvalue weighted by Crippen LogP contribution is -2.02. The van der Waals surface area contributed by atoms with E-state index in [0.717, 1.165) is 18.7 Å². The van der Waals surface area contributed by atoms with Crippen molar-refractivity contribution in [3.05, 3.63) is 22.2 Å². The van der Waals surface area contributed by atoms with Crippen LogP contribution in [0.15, 0.2) is 16.8 Å². The molecule has 0 bridgehead atoms. The summed E-state index contributed by atoms with van der Waals surface area (Å²) in [7, 11) is 0. The summed E-state index contributed by atoms with van der Waals surface area (Å²) < 4.78 is 4.67. The largest absolute Gasteiger partial charge is 0.383 e. The number of nitro groups is 1. The third-order valence-corrected chi connectivity index (χ3v) is 4.94. The number of nitro benzene ring substituents is 1. The SMILES string of the molecule is CCCCCCCCCCCCCCNc1ccc([N+](=O)[O-])c2nonc12.